The first-order valence-electron chi connectivity index (χ1n) is 24.0. The van der Waals surface area contributed by atoms with E-state index < -0.39 is 35.3 Å². The molecule has 0 saturated carbocycles. The van der Waals surface area contributed by atoms with Crippen molar-refractivity contribution in [2.45, 2.75) is 102 Å². The number of nitrogens with one attached hydrogen (secondary N) is 2. The van der Waals surface area contributed by atoms with Crippen LogP contribution in [0.1, 0.15) is 96.4 Å². The molecule has 3 amide bonds. The van der Waals surface area contributed by atoms with Gasteiger partial charge in [0.25, 0.3) is 0 Å². The lowest BCUT2D eigenvalue weighted by atomic mass is 9.98. The number of likely N-dealkylation sites (tertiary alicyclic amines) is 2. The number of amides is 3. The van der Waals surface area contributed by atoms with Crippen LogP contribution in [0.4, 0.5) is 49.6 Å². The molecule has 6 heterocycles. The fourth-order valence-electron chi connectivity index (χ4n) is 9.05. The molecule has 2 aliphatic rings. The van der Waals surface area contributed by atoms with E-state index in [0.717, 1.165) is 68.8 Å². The predicted octanol–water partition coefficient (Wildman–Crippen LogP) is 7.34. The number of anilines is 4. The van der Waals surface area contributed by atoms with Crippen LogP contribution < -0.4 is 22.1 Å². The Bertz CT molecular complexity index is 2830. The predicted molar refractivity (Wildman–Crippen MR) is 259 cm³/mol. The smallest absolute Gasteiger partial charge is 0.369 e. The van der Waals surface area contributed by atoms with Gasteiger partial charge >= 0.3 is 12.4 Å². The number of benzene rings is 2. The maximum atomic E-state index is 13.7. The SMILES string of the molecule is CC(=O)N1CCC(n2cc(Nc3ncc(C(F)(F)F)c(CCc4ccccc4CC(N)=O)n3)cn2)CC1.CCN1CCC(n2cc(Nc3ncc(C(F)(F)F)c(CCc4ccccc4CC(N)=O)n3)cn2)CC1. The highest BCUT2D eigenvalue weighted by molar-refractivity contribution is 5.77. The van der Waals surface area contributed by atoms with Crippen LogP contribution in [-0.4, -0.2) is 99.7 Å². The molecule has 388 valence electrons. The van der Waals surface area contributed by atoms with E-state index in [0.29, 0.717) is 35.6 Å². The van der Waals surface area contributed by atoms with Crippen LogP contribution in [0.2, 0.25) is 0 Å². The normalized spacial score (nSPS) is 14.9. The highest BCUT2D eigenvalue weighted by Crippen LogP contribution is 2.34. The van der Waals surface area contributed by atoms with Gasteiger partial charge < -0.3 is 31.9 Å². The van der Waals surface area contributed by atoms with Gasteiger partial charge in [-0.05, 0) is 80.2 Å². The fraction of sp³-hybridized carbons (Fsp3) is 0.420. The molecular formula is C50H58F6N14O3. The Hall–Kier alpha value is -7.43. The summed E-state index contributed by atoms with van der Waals surface area (Å²) in [6, 6.07) is 14.5. The Labute approximate surface area is 417 Å². The number of aromatic nitrogens is 8. The van der Waals surface area contributed by atoms with Crippen molar-refractivity contribution in [1.29, 1.82) is 0 Å². The van der Waals surface area contributed by atoms with Gasteiger partial charge in [-0.3, -0.25) is 23.7 Å². The van der Waals surface area contributed by atoms with Gasteiger partial charge in [-0.25, -0.2) is 19.9 Å². The summed E-state index contributed by atoms with van der Waals surface area (Å²) in [5, 5.41) is 14.7. The summed E-state index contributed by atoms with van der Waals surface area (Å²) in [5.41, 5.74) is 12.6. The first-order chi connectivity index (χ1) is 34.8. The number of alkyl halides is 6. The van der Waals surface area contributed by atoms with E-state index in [4.69, 9.17) is 11.5 Å². The zero-order valence-corrected chi connectivity index (χ0v) is 40.5. The number of aryl methyl sites for hydroxylation is 4. The number of hydrogen-bond donors (Lipinski definition) is 4. The number of hydrogen-bond acceptors (Lipinski definition) is 12. The second-order valence-corrected chi connectivity index (χ2v) is 18.0. The molecule has 0 atom stereocenters. The highest BCUT2D eigenvalue weighted by Gasteiger charge is 2.36. The molecule has 73 heavy (non-hydrogen) atoms. The zero-order valence-electron chi connectivity index (χ0n) is 40.5. The van der Waals surface area contributed by atoms with Gasteiger partial charge in [-0.15, -0.1) is 0 Å². The zero-order chi connectivity index (χ0) is 52.3. The molecule has 2 aliphatic heterocycles. The molecule has 0 unspecified atom stereocenters. The van der Waals surface area contributed by atoms with Crippen molar-refractivity contribution in [2.24, 2.45) is 11.5 Å². The summed E-state index contributed by atoms with van der Waals surface area (Å²) in [5.74, 6) is -0.860. The van der Waals surface area contributed by atoms with E-state index >= 15 is 0 Å². The number of carbonyl (C=O) groups is 3. The van der Waals surface area contributed by atoms with Crippen LogP contribution >= 0.6 is 0 Å². The topological polar surface area (TPSA) is 221 Å². The summed E-state index contributed by atoms with van der Waals surface area (Å²) in [7, 11) is 0. The molecule has 6 N–H and O–H groups in total. The summed E-state index contributed by atoms with van der Waals surface area (Å²) in [6.07, 6.45) is 3.29. The molecule has 0 spiro atoms. The Morgan fingerprint density at radius 1 is 0.603 bits per heavy atom. The van der Waals surface area contributed by atoms with E-state index in [1.54, 1.807) is 83.6 Å². The largest absolute Gasteiger partial charge is 0.419 e. The van der Waals surface area contributed by atoms with E-state index in [2.05, 4.69) is 52.6 Å². The van der Waals surface area contributed by atoms with E-state index in [1.807, 2.05) is 10.9 Å². The van der Waals surface area contributed by atoms with Crippen molar-refractivity contribution in [3.05, 3.63) is 130 Å². The number of nitrogens with zero attached hydrogens (tertiary/aromatic N) is 10. The van der Waals surface area contributed by atoms with Gasteiger partial charge in [-0.1, -0.05) is 55.5 Å². The van der Waals surface area contributed by atoms with Gasteiger partial charge in [-0.2, -0.15) is 36.5 Å². The number of piperidine rings is 2. The Morgan fingerprint density at radius 3 is 1.37 bits per heavy atom. The molecule has 6 aromatic rings. The van der Waals surface area contributed by atoms with Crippen LogP contribution in [0.5, 0.6) is 0 Å². The third kappa shape index (κ3) is 14.8. The third-order valence-electron chi connectivity index (χ3n) is 13.0. The molecule has 0 radical (unpaired) electrons. The summed E-state index contributed by atoms with van der Waals surface area (Å²) in [4.78, 5) is 54.6. The van der Waals surface area contributed by atoms with Crippen LogP contribution in [0.15, 0.2) is 85.7 Å². The van der Waals surface area contributed by atoms with Crippen LogP contribution in [0.25, 0.3) is 0 Å². The lowest BCUT2D eigenvalue weighted by molar-refractivity contribution is -0.139. The van der Waals surface area contributed by atoms with E-state index in [9.17, 15) is 40.7 Å². The van der Waals surface area contributed by atoms with Crippen molar-refractivity contribution in [1.82, 2.24) is 49.3 Å². The summed E-state index contributed by atoms with van der Waals surface area (Å²) in [6.45, 7) is 8.05. The quantitative estimate of drug-likeness (QED) is 0.0660. The minimum Gasteiger partial charge on any atom is -0.369 e. The van der Waals surface area contributed by atoms with Crippen LogP contribution in [0.3, 0.4) is 0 Å². The molecule has 2 aromatic carbocycles. The maximum Gasteiger partial charge on any atom is 0.419 e. The van der Waals surface area contributed by atoms with Gasteiger partial charge in [0.15, 0.2) is 0 Å². The number of primary amides is 2. The summed E-state index contributed by atoms with van der Waals surface area (Å²) < 4.78 is 85.7. The lowest BCUT2D eigenvalue weighted by Crippen LogP contribution is -2.37. The third-order valence-corrected chi connectivity index (χ3v) is 13.0. The maximum absolute atomic E-state index is 13.7. The Balaban J connectivity index is 0.000000214. The van der Waals surface area contributed by atoms with Crippen molar-refractivity contribution >= 4 is 41.0 Å². The number of halogens is 6. The van der Waals surface area contributed by atoms with Gasteiger partial charge in [0.1, 0.15) is 0 Å². The minimum absolute atomic E-state index is 0.00416. The van der Waals surface area contributed by atoms with Gasteiger partial charge in [0, 0.05) is 57.9 Å². The average molecular weight is 1020 g/mol. The van der Waals surface area contributed by atoms with E-state index in [1.165, 1.54) is 0 Å². The van der Waals surface area contributed by atoms with Crippen LogP contribution in [-0.2, 0) is 65.3 Å². The molecule has 23 heteroatoms. The van der Waals surface area contributed by atoms with Crippen molar-refractivity contribution in [3.8, 4) is 0 Å². The standard InChI is InChI=1S/C25H28F3N7O2.C25H30F3N7O/c1-16(36)34-10-8-20(9-11-34)35-15-19(13-31-35)32-24-30-14-21(25(26,27)28)22(33-24)7-6-17-4-2-3-5-18(17)12-23(29)37;1-2-34-11-9-20(10-12-34)35-16-19(14-31-35)32-24-30-15-21(25(26,27)28)22(33-24)8-7-17-5-3-4-6-18(17)13-23(29)36/h2-5,13-15,20H,6-12H2,1H3,(H2,29,37)(H,30,32,33);3-6,14-16,20H,2,7-13H2,1H3,(H2,29,36)(H,30,32,33). The average Bonchev–Trinajstić information content (AvgIpc) is 4.03. The summed E-state index contributed by atoms with van der Waals surface area (Å²) >= 11 is 0. The highest BCUT2D eigenvalue weighted by atomic mass is 19.4. The number of rotatable bonds is 17. The monoisotopic (exact) mass is 1020 g/mol. The van der Waals surface area contributed by atoms with Crippen molar-refractivity contribution in [2.75, 3.05) is 43.4 Å². The molecular weight excluding hydrogens is 959 g/mol. The number of nitrogens with two attached hydrogens (primary N) is 2. The molecule has 2 saturated heterocycles. The molecule has 2 fully saturated rings. The fourth-order valence-corrected chi connectivity index (χ4v) is 9.05. The Morgan fingerprint density at radius 2 is 1.00 bits per heavy atom. The Kier molecular flexibility index (Phi) is 17.4. The first kappa shape index (κ1) is 53.4. The number of carbonyl (C=O) groups excluding carboxylic acids is 3. The van der Waals surface area contributed by atoms with E-state index in [-0.39, 0.29) is 79.8 Å². The minimum atomic E-state index is -4.61. The molecule has 0 bridgehead atoms. The first-order valence-corrected chi connectivity index (χ1v) is 24.0. The van der Waals surface area contributed by atoms with Gasteiger partial charge in [0.05, 0.1) is 71.2 Å². The molecule has 0 aliphatic carbocycles. The van der Waals surface area contributed by atoms with Crippen molar-refractivity contribution in [3.63, 3.8) is 0 Å². The lowest BCUT2D eigenvalue weighted by Gasteiger charge is -2.31. The van der Waals surface area contributed by atoms with Crippen molar-refractivity contribution < 1.29 is 40.7 Å². The van der Waals surface area contributed by atoms with Crippen LogP contribution in [0, 0.1) is 0 Å². The van der Waals surface area contributed by atoms with Gasteiger partial charge in [0.2, 0.25) is 29.6 Å². The second-order valence-electron chi connectivity index (χ2n) is 18.0. The second kappa shape index (κ2) is 23.9. The molecule has 17 nitrogen and oxygen atoms in total. The molecule has 8 rings (SSSR count). The molecule has 4 aromatic heterocycles.